The molecule has 0 fully saturated rings. The van der Waals surface area contributed by atoms with Crippen molar-refractivity contribution in [3.8, 4) is 5.69 Å². The molecule has 0 spiro atoms. The summed E-state index contributed by atoms with van der Waals surface area (Å²) < 4.78 is 14.2. The van der Waals surface area contributed by atoms with Crippen molar-refractivity contribution in [2.75, 3.05) is 5.73 Å². The Kier molecular flexibility index (Phi) is 4.18. The fourth-order valence-electron chi connectivity index (χ4n) is 2.38. The summed E-state index contributed by atoms with van der Waals surface area (Å²) in [5.41, 5.74) is 6.45. The number of aromatic nitrogens is 1. The molecular weight excluding hydrogens is 331 g/mol. The first-order valence-corrected chi connectivity index (χ1v) is 7.43. The molecule has 0 bridgehead atoms. The Bertz CT molecular complexity index is 981. The molecule has 0 aliphatic carbocycles. The summed E-state index contributed by atoms with van der Waals surface area (Å²) in [6, 6.07) is 14.4. The third kappa shape index (κ3) is 2.81. The van der Waals surface area contributed by atoms with Crippen LogP contribution in [0.1, 0.15) is 15.9 Å². The fraction of sp³-hybridized carbons (Fsp3) is 0. The van der Waals surface area contributed by atoms with Gasteiger partial charge in [-0.15, -0.1) is 0 Å². The number of rotatable bonds is 3. The lowest BCUT2D eigenvalue weighted by molar-refractivity contribution is 0.103. The number of pyridine rings is 1. The Morgan fingerprint density at radius 3 is 2.33 bits per heavy atom. The van der Waals surface area contributed by atoms with Crippen LogP contribution >= 0.6 is 11.6 Å². The highest BCUT2D eigenvalue weighted by molar-refractivity contribution is 6.32. The first-order valence-electron chi connectivity index (χ1n) is 7.06. The average molecular weight is 343 g/mol. The van der Waals surface area contributed by atoms with Gasteiger partial charge in [-0.1, -0.05) is 23.7 Å². The van der Waals surface area contributed by atoms with E-state index in [1.165, 1.54) is 41.0 Å². The van der Waals surface area contributed by atoms with Crippen molar-refractivity contribution in [2.24, 2.45) is 0 Å². The maximum Gasteiger partial charge on any atom is 0.256 e. The number of ketones is 1. The second kappa shape index (κ2) is 6.29. The largest absolute Gasteiger partial charge is 0.384 e. The second-order valence-corrected chi connectivity index (χ2v) is 5.50. The van der Waals surface area contributed by atoms with Gasteiger partial charge in [0, 0.05) is 11.6 Å². The van der Waals surface area contributed by atoms with Crippen molar-refractivity contribution < 1.29 is 9.18 Å². The Morgan fingerprint density at radius 1 is 1.00 bits per heavy atom. The van der Waals surface area contributed by atoms with Crippen LogP contribution in [0.5, 0.6) is 0 Å². The number of hydrogen-bond donors (Lipinski definition) is 1. The van der Waals surface area contributed by atoms with E-state index in [1.807, 2.05) is 0 Å². The molecule has 3 rings (SSSR count). The van der Waals surface area contributed by atoms with Crippen molar-refractivity contribution in [2.45, 2.75) is 0 Å². The van der Waals surface area contributed by atoms with E-state index in [0.717, 1.165) is 0 Å². The van der Waals surface area contributed by atoms with E-state index in [9.17, 15) is 14.0 Å². The number of halogens is 2. The molecule has 0 amide bonds. The number of nitrogen functional groups attached to an aromatic ring is 1. The first-order chi connectivity index (χ1) is 11.5. The highest BCUT2D eigenvalue weighted by Crippen LogP contribution is 2.23. The van der Waals surface area contributed by atoms with Crippen molar-refractivity contribution >= 4 is 23.2 Å². The fourth-order valence-corrected chi connectivity index (χ4v) is 2.60. The monoisotopic (exact) mass is 342 g/mol. The molecule has 120 valence electrons. The Morgan fingerprint density at radius 2 is 1.67 bits per heavy atom. The number of carbonyl (C=O) groups excluding carboxylic acids is 1. The van der Waals surface area contributed by atoms with Gasteiger partial charge in [-0.25, -0.2) is 4.39 Å². The Balaban J connectivity index is 2.17. The van der Waals surface area contributed by atoms with Crippen LogP contribution in [-0.2, 0) is 0 Å². The van der Waals surface area contributed by atoms with Gasteiger partial charge >= 0.3 is 0 Å². The maximum absolute atomic E-state index is 13.0. The van der Waals surface area contributed by atoms with E-state index in [2.05, 4.69) is 0 Å². The first kappa shape index (κ1) is 16.0. The standard InChI is InChI=1S/C18H12ClFN2O2/c19-14-3-1-2-4-15(14)22-16(23)10-9-13(18(22)21)17(24)11-5-7-12(20)8-6-11/h1-10H,21H2. The molecule has 0 saturated carbocycles. The van der Waals surface area contributed by atoms with Gasteiger partial charge in [0.15, 0.2) is 5.78 Å². The van der Waals surface area contributed by atoms with Crippen LogP contribution in [0.15, 0.2) is 65.5 Å². The summed E-state index contributed by atoms with van der Waals surface area (Å²) >= 11 is 6.13. The molecule has 0 radical (unpaired) electrons. The smallest absolute Gasteiger partial charge is 0.256 e. The van der Waals surface area contributed by atoms with Gasteiger partial charge in [0.2, 0.25) is 0 Å². The molecule has 24 heavy (non-hydrogen) atoms. The quantitative estimate of drug-likeness (QED) is 0.741. The minimum absolute atomic E-state index is 0.0232. The highest BCUT2D eigenvalue weighted by atomic mass is 35.5. The average Bonchev–Trinajstić information content (AvgIpc) is 2.57. The summed E-state index contributed by atoms with van der Waals surface area (Å²) in [6.07, 6.45) is 0. The Hall–Kier alpha value is -2.92. The molecule has 2 aromatic carbocycles. The molecule has 2 N–H and O–H groups in total. The Labute approximate surface area is 141 Å². The molecule has 1 heterocycles. The van der Waals surface area contributed by atoms with Crippen molar-refractivity contribution in [3.63, 3.8) is 0 Å². The van der Waals surface area contributed by atoms with Crippen molar-refractivity contribution in [1.82, 2.24) is 4.57 Å². The van der Waals surface area contributed by atoms with Gasteiger partial charge in [-0.3, -0.25) is 14.2 Å². The van der Waals surface area contributed by atoms with E-state index < -0.39 is 17.2 Å². The number of nitrogens with two attached hydrogens (primary N) is 1. The number of para-hydroxylation sites is 1. The molecule has 0 atom stereocenters. The van der Waals surface area contributed by atoms with E-state index in [4.69, 9.17) is 17.3 Å². The number of anilines is 1. The topological polar surface area (TPSA) is 65.1 Å². The molecule has 4 nitrogen and oxygen atoms in total. The summed E-state index contributed by atoms with van der Waals surface area (Å²) in [5, 5.41) is 0.331. The SMILES string of the molecule is Nc1c(C(=O)c2ccc(F)cc2)ccc(=O)n1-c1ccccc1Cl. The number of nitrogens with zero attached hydrogens (tertiary/aromatic N) is 1. The lowest BCUT2D eigenvalue weighted by Gasteiger charge is -2.14. The minimum atomic E-state index is -0.444. The molecule has 3 aromatic rings. The summed E-state index contributed by atoms with van der Waals surface area (Å²) in [6.45, 7) is 0. The van der Waals surface area contributed by atoms with E-state index in [-0.39, 0.29) is 16.9 Å². The zero-order valence-corrected chi connectivity index (χ0v) is 13.1. The zero-order valence-electron chi connectivity index (χ0n) is 12.4. The molecule has 0 saturated heterocycles. The predicted molar refractivity (Wildman–Crippen MR) is 91.3 cm³/mol. The van der Waals surface area contributed by atoms with Crippen LogP contribution in [0.4, 0.5) is 10.2 Å². The normalized spacial score (nSPS) is 10.6. The van der Waals surface area contributed by atoms with Gasteiger partial charge in [0.05, 0.1) is 16.3 Å². The molecule has 6 heteroatoms. The van der Waals surface area contributed by atoms with E-state index >= 15 is 0 Å². The lowest BCUT2D eigenvalue weighted by Crippen LogP contribution is -2.23. The zero-order chi connectivity index (χ0) is 17.3. The van der Waals surface area contributed by atoms with Crippen LogP contribution in [0.2, 0.25) is 5.02 Å². The molecule has 0 aliphatic rings. The van der Waals surface area contributed by atoms with Crippen molar-refractivity contribution in [1.29, 1.82) is 0 Å². The van der Waals surface area contributed by atoms with Crippen LogP contribution in [0.3, 0.4) is 0 Å². The van der Waals surface area contributed by atoms with E-state index in [0.29, 0.717) is 10.7 Å². The van der Waals surface area contributed by atoms with Gasteiger partial charge in [-0.05, 0) is 42.5 Å². The molecule has 1 aromatic heterocycles. The summed E-state index contributed by atoms with van der Waals surface area (Å²) in [4.78, 5) is 24.8. The number of benzene rings is 2. The second-order valence-electron chi connectivity index (χ2n) is 5.09. The number of carbonyl (C=O) groups is 1. The maximum atomic E-state index is 13.0. The van der Waals surface area contributed by atoms with Crippen LogP contribution < -0.4 is 11.3 Å². The van der Waals surface area contributed by atoms with Crippen molar-refractivity contribution in [3.05, 3.63) is 93.0 Å². The number of hydrogen-bond acceptors (Lipinski definition) is 3. The van der Waals surface area contributed by atoms with E-state index in [1.54, 1.807) is 24.3 Å². The van der Waals surface area contributed by atoms with Gasteiger partial charge in [0.25, 0.3) is 5.56 Å². The summed E-state index contributed by atoms with van der Waals surface area (Å²) in [5.74, 6) is -0.876. The highest BCUT2D eigenvalue weighted by Gasteiger charge is 2.17. The third-order valence-corrected chi connectivity index (χ3v) is 3.89. The van der Waals surface area contributed by atoms with Crippen LogP contribution in [0, 0.1) is 5.82 Å². The van der Waals surface area contributed by atoms with Gasteiger partial charge < -0.3 is 5.73 Å². The third-order valence-electron chi connectivity index (χ3n) is 3.57. The minimum Gasteiger partial charge on any atom is -0.384 e. The molecular formula is C18H12ClFN2O2. The van der Waals surface area contributed by atoms with Gasteiger partial charge in [0.1, 0.15) is 11.6 Å². The molecule has 0 aliphatic heterocycles. The van der Waals surface area contributed by atoms with Crippen LogP contribution in [0.25, 0.3) is 5.69 Å². The predicted octanol–water partition coefficient (Wildman–Crippen LogP) is 3.44. The van der Waals surface area contributed by atoms with Gasteiger partial charge in [-0.2, -0.15) is 0 Å². The van der Waals surface area contributed by atoms with Crippen LogP contribution in [-0.4, -0.2) is 10.4 Å². The lowest BCUT2D eigenvalue weighted by atomic mass is 10.0. The summed E-state index contributed by atoms with van der Waals surface area (Å²) in [7, 11) is 0. The molecule has 0 unspecified atom stereocenters.